The number of methoxy groups -OCH3 is 1. The zero-order chi connectivity index (χ0) is 98.9. The number of halogens is 4. The molecule has 143 heavy (non-hydrogen) atoms. The third-order valence-corrected chi connectivity index (χ3v) is 27.0. The molecule has 4 amide bonds. The standard InChI is InChI=1S/C28H34ClN3O5.C28H32ClN3O4.2C26H26ClN5O3/c1-34-17-18-37-28(33)32-11-9-23-24-19-21(29)5-8-25(24)30-26(23)27(32)20-3-6-22(7-4-20)36-14-2-10-31-12-15-35-16-13-31;1-2-15-36-28(33)32-12-10-23-24-19-21(29)6-9-25(24)30-26(23)27(32)20-4-7-22(8-5-20)35-16-3-11-31-13-17-34-18-14-31;1-2-15-35-26(33)31-14-10-21-22-17-19(27)6-9-23(22)30-24(21)25(31)18-4-7-20(8-5-18)34-16-3-13-32-28-11-12-29-32;1-2-15-35-26(33)32-13-10-21-22-17-19(27)6-9-23(22)29-24(21)25(32)18-4-7-20(8-5-18)34-16-3-12-31-14-11-28-30-31/h3-8,19,27,30H,2,9-18H2,1H3;2,4-9,19,27,30H,1,3,10-18H2;2,4-9,11-12,17,25,30H,1,3,10,13-16H2;2,4-9,11,14,17,25,29H,1,3,10,12-13,15-16H2. The van der Waals surface area contributed by atoms with E-state index in [-0.39, 0.29) is 75.0 Å². The summed E-state index contributed by atoms with van der Waals surface area (Å²) in [5.41, 5.74) is 16.6. The van der Waals surface area contributed by atoms with Crippen LogP contribution in [0.3, 0.4) is 0 Å². The van der Waals surface area contributed by atoms with E-state index in [9.17, 15) is 19.2 Å². The zero-order valence-electron chi connectivity index (χ0n) is 80.0. The molecule has 8 aromatic carbocycles. The monoisotopic (exact) mass is 2020 g/mol. The highest BCUT2D eigenvalue weighted by Crippen LogP contribution is 2.46. The van der Waals surface area contributed by atoms with Crippen molar-refractivity contribution in [2.24, 2.45) is 0 Å². The number of rotatable bonds is 33. The molecule has 14 aromatic rings. The molecule has 31 nitrogen and oxygen atoms in total. The van der Waals surface area contributed by atoms with E-state index >= 15 is 0 Å². The number of aryl methyl sites for hydroxylation is 2. The van der Waals surface area contributed by atoms with Gasteiger partial charge in [-0.1, -0.05) is 138 Å². The molecule has 0 aliphatic carbocycles. The SMILES string of the molecule is C=CCOC(=O)N1CCc2c([nH]c3ccc(Cl)cc23)C1c1ccc(OCCCN2CCOCC2)cc1.C=CCOC(=O)N1CCc2c([nH]c3ccc(Cl)cc23)C1c1ccc(OCCCn2ccnn2)cc1.C=CCOC(=O)N1CCc2c([nH]c3ccc(Cl)cc23)C1c1ccc(OCCCn2nccn2)cc1.COCCOC(=O)N1CCc2c([nH]c3ccc(Cl)cc23)C1c1ccc(OCCCN2CCOCC2)cc1. The van der Waals surface area contributed by atoms with E-state index < -0.39 is 0 Å². The van der Waals surface area contributed by atoms with Crippen molar-refractivity contribution in [3.63, 3.8) is 0 Å². The second-order valence-electron chi connectivity index (χ2n) is 35.2. The van der Waals surface area contributed by atoms with Crippen molar-refractivity contribution in [2.75, 3.05) is 158 Å². The lowest BCUT2D eigenvalue weighted by atomic mass is 9.92. The fraction of sp³-hybridized carbons (Fsp3) is 0.352. The Morgan fingerprint density at radius 3 is 0.965 bits per heavy atom. The third-order valence-electron chi connectivity index (χ3n) is 26.1. The van der Waals surface area contributed by atoms with Crippen molar-refractivity contribution >= 4 is 114 Å². The number of carbonyl (C=O) groups is 4. The Morgan fingerprint density at radius 1 is 0.371 bits per heavy atom. The molecule has 0 saturated carbocycles. The number of aromatic amines is 4. The molecule has 4 atom stereocenters. The third kappa shape index (κ3) is 25.3. The predicted octanol–water partition coefficient (Wildman–Crippen LogP) is 20.1. The molecule has 4 N–H and O–H groups in total. The first kappa shape index (κ1) is 101. The van der Waals surface area contributed by atoms with Gasteiger partial charge in [0.25, 0.3) is 0 Å². The van der Waals surface area contributed by atoms with E-state index in [1.807, 2.05) is 176 Å². The Morgan fingerprint density at radius 2 is 0.671 bits per heavy atom. The molecule has 0 spiro atoms. The minimum Gasteiger partial charge on any atom is -0.494 e. The number of ether oxygens (including phenoxy) is 11. The van der Waals surface area contributed by atoms with Crippen LogP contribution in [0.4, 0.5) is 19.2 Å². The van der Waals surface area contributed by atoms with E-state index in [1.54, 1.807) is 73.0 Å². The molecule has 6 aromatic heterocycles. The number of hydrogen-bond acceptors (Lipinski definition) is 21. The Bertz CT molecular complexity index is 6400. The summed E-state index contributed by atoms with van der Waals surface area (Å²) in [5.74, 6) is 3.18. The number of carbonyl (C=O) groups excluding carboxylic acids is 4. The number of amides is 4. The van der Waals surface area contributed by atoms with Crippen LogP contribution in [-0.2, 0) is 71.9 Å². The van der Waals surface area contributed by atoms with E-state index in [4.69, 9.17) is 98.5 Å². The van der Waals surface area contributed by atoms with Gasteiger partial charge in [0, 0.05) is 185 Å². The minimum atomic E-state index is -0.371. The molecule has 4 unspecified atom stereocenters. The second-order valence-corrected chi connectivity index (χ2v) is 36.9. The van der Waals surface area contributed by atoms with Crippen LogP contribution in [0.25, 0.3) is 43.6 Å². The molecule has 0 bridgehead atoms. The molecule has 6 aliphatic heterocycles. The van der Waals surface area contributed by atoms with Gasteiger partial charge in [-0.15, -0.1) is 5.10 Å². The van der Waals surface area contributed by atoms with Gasteiger partial charge in [0.15, 0.2) is 0 Å². The number of aromatic nitrogens is 10. The van der Waals surface area contributed by atoms with E-state index in [0.29, 0.717) is 98.7 Å². The van der Waals surface area contributed by atoms with Crippen molar-refractivity contribution in [2.45, 2.75) is 88.6 Å². The maximum absolute atomic E-state index is 13.1. The van der Waals surface area contributed by atoms with Crippen LogP contribution >= 0.6 is 46.4 Å². The highest BCUT2D eigenvalue weighted by Gasteiger charge is 2.41. The fourth-order valence-corrected chi connectivity index (χ4v) is 20.0. The van der Waals surface area contributed by atoms with Crippen molar-refractivity contribution in [1.29, 1.82) is 0 Å². The van der Waals surface area contributed by atoms with Gasteiger partial charge < -0.3 is 72.0 Å². The molecular formula is C108H118Cl4N16O15. The summed E-state index contributed by atoms with van der Waals surface area (Å²) in [7, 11) is 1.59. The molecule has 0 radical (unpaired) electrons. The van der Waals surface area contributed by atoms with E-state index in [2.05, 4.69) is 70.0 Å². The van der Waals surface area contributed by atoms with Gasteiger partial charge in [-0.3, -0.25) is 34.1 Å². The first-order valence-electron chi connectivity index (χ1n) is 48.5. The maximum Gasteiger partial charge on any atom is 0.410 e. The summed E-state index contributed by atoms with van der Waals surface area (Å²) in [4.78, 5) is 79.6. The smallest absolute Gasteiger partial charge is 0.410 e. The lowest BCUT2D eigenvalue weighted by Gasteiger charge is -2.35. The molecule has 12 heterocycles. The van der Waals surface area contributed by atoms with Crippen LogP contribution in [0.15, 0.2) is 233 Å². The van der Waals surface area contributed by atoms with Crippen LogP contribution in [0.2, 0.25) is 20.1 Å². The van der Waals surface area contributed by atoms with Crippen LogP contribution in [0.5, 0.6) is 23.0 Å². The average Bonchev–Trinajstić information content (AvgIpc) is 1.62. The average molecular weight is 2020 g/mol. The Labute approximate surface area is 849 Å². The van der Waals surface area contributed by atoms with Crippen LogP contribution < -0.4 is 18.9 Å². The summed E-state index contributed by atoms with van der Waals surface area (Å²) >= 11 is 25.1. The normalized spacial score (nSPS) is 16.7. The van der Waals surface area contributed by atoms with Gasteiger partial charge in [-0.2, -0.15) is 15.0 Å². The van der Waals surface area contributed by atoms with Gasteiger partial charge in [0.1, 0.15) is 73.6 Å². The summed E-state index contributed by atoms with van der Waals surface area (Å²) < 4.78 is 63.2. The number of hydrogen-bond donors (Lipinski definition) is 4. The molecule has 2 saturated heterocycles. The molecule has 748 valence electrons. The van der Waals surface area contributed by atoms with Crippen LogP contribution in [0, 0.1) is 0 Å². The lowest BCUT2D eigenvalue weighted by molar-refractivity contribution is 0.0357. The van der Waals surface area contributed by atoms with Gasteiger partial charge in [-0.05, 0) is 204 Å². The summed E-state index contributed by atoms with van der Waals surface area (Å²) in [6, 6.07) is 53.9. The molecule has 2 fully saturated rings. The van der Waals surface area contributed by atoms with Gasteiger partial charge in [0.05, 0.1) is 84.6 Å². The number of fused-ring (bicyclic) bond motifs is 12. The Hall–Kier alpha value is -13.3. The number of H-pyrrole nitrogens is 4. The van der Waals surface area contributed by atoms with Crippen molar-refractivity contribution in [3.8, 4) is 23.0 Å². The molecule has 6 aliphatic rings. The maximum atomic E-state index is 13.1. The minimum absolute atomic E-state index is 0.165. The van der Waals surface area contributed by atoms with Gasteiger partial charge in [-0.25, -0.2) is 19.2 Å². The van der Waals surface area contributed by atoms with Gasteiger partial charge >= 0.3 is 24.4 Å². The largest absolute Gasteiger partial charge is 0.494 e. The van der Waals surface area contributed by atoms with Gasteiger partial charge in [0.2, 0.25) is 0 Å². The van der Waals surface area contributed by atoms with E-state index in [0.717, 1.165) is 222 Å². The first-order valence-corrected chi connectivity index (χ1v) is 50.0. The lowest BCUT2D eigenvalue weighted by Crippen LogP contribution is -2.41. The second kappa shape index (κ2) is 49.6. The Balaban J connectivity index is 0.000000131. The number of benzene rings is 8. The summed E-state index contributed by atoms with van der Waals surface area (Å²) in [6.45, 7) is 27.3. The topological polar surface area (TPSA) is 314 Å². The molecular weight excluding hydrogens is 1900 g/mol. The summed E-state index contributed by atoms with van der Waals surface area (Å²) in [6.07, 6.45) is 16.5. The highest BCUT2D eigenvalue weighted by atomic mass is 35.5. The van der Waals surface area contributed by atoms with E-state index in [1.165, 1.54) is 22.3 Å². The van der Waals surface area contributed by atoms with Crippen molar-refractivity contribution in [3.05, 3.63) is 320 Å². The first-order chi connectivity index (χ1) is 70.0. The molecule has 20 rings (SSSR count). The highest BCUT2D eigenvalue weighted by molar-refractivity contribution is 6.32. The fourth-order valence-electron chi connectivity index (χ4n) is 19.3. The van der Waals surface area contributed by atoms with Crippen molar-refractivity contribution < 1.29 is 71.3 Å². The van der Waals surface area contributed by atoms with Crippen LogP contribution in [-0.4, -0.2) is 262 Å². The zero-order valence-corrected chi connectivity index (χ0v) is 83.0. The number of nitrogens with one attached hydrogen (secondary N) is 4. The number of nitrogens with zero attached hydrogens (tertiary/aromatic N) is 12. The van der Waals surface area contributed by atoms with Crippen molar-refractivity contribution in [1.82, 2.24) is 79.3 Å². The quantitative estimate of drug-likeness (QED) is 0.0169. The number of morpholine rings is 2. The van der Waals surface area contributed by atoms with Crippen LogP contribution in [0.1, 0.15) is 117 Å². The molecule has 35 heteroatoms. The summed E-state index contributed by atoms with van der Waals surface area (Å²) in [5, 5.41) is 23.1. The Kier molecular flexibility index (Phi) is 35.1. The predicted molar refractivity (Wildman–Crippen MR) is 551 cm³/mol.